The van der Waals surface area contributed by atoms with Crippen LogP contribution in [-0.2, 0) is 0 Å². The average molecular weight is 329 g/mol. The fraction of sp³-hybridized carbons (Fsp3) is 0.714. The molecule has 1 aromatic heterocycles. The SMILES string of the molecule is Cc1cc([C@H](CC2CC2)N2CCNCC2)sc1Br. The first-order valence-corrected chi connectivity index (χ1v) is 8.55. The molecule has 18 heavy (non-hydrogen) atoms. The lowest BCUT2D eigenvalue weighted by atomic mass is 10.1. The van der Waals surface area contributed by atoms with Crippen molar-refractivity contribution < 1.29 is 0 Å². The van der Waals surface area contributed by atoms with Crippen molar-refractivity contribution in [2.24, 2.45) is 5.92 Å². The molecule has 4 heteroatoms. The molecule has 0 radical (unpaired) electrons. The summed E-state index contributed by atoms with van der Waals surface area (Å²) in [6, 6.07) is 3.05. The molecule has 100 valence electrons. The van der Waals surface area contributed by atoms with E-state index in [4.69, 9.17) is 0 Å². The molecule has 0 aromatic carbocycles. The van der Waals surface area contributed by atoms with Gasteiger partial charge < -0.3 is 5.32 Å². The van der Waals surface area contributed by atoms with Crippen LogP contribution in [0.5, 0.6) is 0 Å². The molecule has 2 fully saturated rings. The van der Waals surface area contributed by atoms with Crippen LogP contribution in [0.4, 0.5) is 0 Å². The van der Waals surface area contributed by atoms with Crippen LogP contribution in [0.15, 0.2) is 9.85 Å². The molecule has 1 aliphatic carbocycles. The number of hydrogen-bond donors (Lipinski definition) is 1. The van der Waals surface area contributed by atoms with Crippen molar-refractivity contribution in [2.45, 2.75) is 32.2 Å². The van der Waals surface area contributed by atoms with Crippen LogP contribution < -0.4 is 5.32 Å². The molecule has 1 N–H and O–H groups in total. The zero-order chi connectivity index (χ0) is 12.5. The summed E-state index contributed by atoms with van der Waals surface area (Å²) in [5.74, 6) is 0.992. The maximum absolute atomic E-state index is 3.68. The smallest absolute Gasteiger partial charge is 0.0731 e. The van der Waals surface area contributed by atoms with Crippen LogP contribution in [0.3, 0.4) is 0 Å². The number of nitrogens with zero attached hydrogens (tertiary/aromatic N) is 1. The normalized spacial score (nSPS) is 23.2. The summed E-state index contributed by atoms with van der Waals surface area (Å²) in [4.78, 5) is 4.25. The highest BCUT2D eigenvalue weighted by atomic mass is 79.9. The third kappa shape index (κ3) is 2.98. The number of hydrogen-bond acceptors (Lipinski definition) is 3. The Labute approximate surface area is 122 Å². The molecule has 1 aliphatic heterocycles. The highest BCUT2D eigenvalue weighted by molar-refractivity contribution is 9.11. The van der Waals surface area contributed by atoms with Gasteiger partial charge in [-0.25, -0.2) is 0 Å². The Balaban J connectivity index is 1.78. The largest absolute Gasteiger partial charge is 0.314 e. The topological polar surface area (TPSA) is 15.3 Å². The molecule has 1 saturated heterocycles. The number of halogens is 1. The van der Waals surface area contributed by atoms with E-state index < -0.39 is 0 Å². The summed E-state index contributed by atoms with van der Waals surface area (Å²) in [6.07, 6.45) is 4.27. The first-order chi connectivity index (χ1) is 8.74. The van der Waals surface area contributed by atoms with Gasteiger partial charge in [-0.1, -0.05) is 12.8 Å². The lowest BCUT2D eigenvalue weighted by Gasteiger charge is -2.34. The maximum Gasteiger partial charge on any atom is 0.0731 e. The zero-order valence-corrected chi connectivity index (χ0v) is 13.3. The Morgan fingerprint density at radius 1 is 1.44 bits per heavy atom. The van der Waals surface area contributed by atoms with Gasteiger partial charge >= 0.3 is 0 Å². The van der Waals surface area contributed by atoms with Crippen molar-refractivity contribution in [2.75, 3.05) is 26.2 Å². The van der Waals surface area contributed by atoms with Gasteiger partial charge in [-0.3, -0.25) is 4.90 Å². The minimum Gasteiger partial charge on any atom is -0.314 e. The van der Waals surface area contributed by atoms with E-state index in [0.29, 0.717) is 6.04 Å². The Morgan fingerprint density at radius 2 is 2.17 bits per heavy atom. The minimum absolute atomic E-state index is 0.662. The van der Waals surface area contributed by atoms with Crippen molar-refractivity contribution in [1.82, 2.24) is 10.2 Å². The van der Waals surface area contributed by atoms with Crippen molar-refractivity contribution in [1.29, 1.82) is 0 Å². The maximum atomic E-state index is 3.68. The molecule has 0 bridgehead atoms. The van der Waals surface area contributed by atoms with E-state index in [1.165, 1.54) is 41.7 Å². The fourth-order valence-corrected chi connectivity index (χ4v) is 4.48. The molecule has 2 aliphatic rings. The molecule has 1 atom stereocenters. The minimum atomic E-state index is 0.662. The van der Waals surface area contributed by atoms with E-state index in [2.05, 4.69) is 39.1 Å². The van der Waals surface area contributed by atoms with Crippen LogP contribution in [0, 0.1) is 12.8 Å². The van der Waals surface area contributed by atoms with Crippen LogP contribution in [0.25, 0.3) is 0 Å². The van der Waals surface area contributed by atoms with Crippen LogP contribution in [0.2, 0.25) is 0 Å². The second kappa shape index (κ2) is 5.61. The van der Waals surface area contributed by atoms with Crippen molar-refractivity contribution in [3.05, 3.63) is 20.3 Å². The van der Waals surface area contributed by atoms with E-state index in [9.17, 15) is 0 Å². The Hall–Kier alpha value is 0.100. The first kappa shape index (κ1) is 13.1. The third-order valence-electron chi connectivity index (χ3n) is 4.05. The van der Waals surface area contributed by atoms with Crippen molar-refractivity contribution in [3.8, 4) is 0 Å². The van der Waals surface area contributed by atoms with Crippen LogP contribution >= 0.6 is 27.3 Å². The zero-order valence-electron chi connectivity index (χ0n) is 10.9. The summed E-state index contributed by atoms with van der Waals surface area (Å²) in [5, 5.41) is 3.46. The molecule has 1 saturated carbocycles. The lowest BCUT2D eigenvalue weighted by molar-refractivity contribution is 0.163. The fourth-order valence-electron chi connectivity index (χ4n) is 2.76. The molecule has 0 unspecified atom stereocenters. The van der Waals surface area contributed by atoms with Gasteiger partial charge in [-0.15, -0.1) is 11.3 Å². The number of thiophene rings is 1. The molecular weight excluding hydrogens is 308 g/mol. The van der Waals surface area contributed by atoms with Gasteiger partial charge in [-0.2, -0.15) is 0 Å². The lowest BCUT2D eigenvalue weighted by Crippen LogP contribution is -2.45. The van der Waals surface area contributed by atoms with Gasteiger partial charge in [-0.05, 0) is 46.8 Å². The average Bonchev–Trinajstić information content (AvgIpc) is 3.14. The van der Waals surface area contributed by atoms with Crippen LogP contribution in [-0.4, -0.2) is 31.1 Å². The highest BCUT2D eigenvalue weighted by Gasteiger charge is 2.31. The summed E-state index contributed by atoms with van der Waals surface area (Å²) in [6.45, 7) is 6.90. The highest BCUT2D eigenvalue weighted by Crippen LogP contribution is 2.43. The molecule has 0 spiro atoms. The van der Waals surface area contributed by atoms with Crippen LogP contribution in [0.1, 0.15) is 35.7 Å². The molecule has 0 amide bonds. The number of aryl methyl sites for hydroxylation is 1. The molecule has 2 nitrogen and oxygen atoms in total. The second-order valence-corrected chi connectivity index (χ2v) is 7.99. The summed E-state index contributed by atoms with van der Waals surface area (Å²) >= 11 is 5.62. The summed E-state index contributed by atoms with van der Waals surface area (Å²) in [7, 11) is 0. The van der Waals surface area contributed by atoms with Gasteiger partial charge in [0.25, 0.3) is 0 Å². The van der Waals surface area contributed by atoms with Gasteiger partial charge in [0.1, 0.15) is 0 Å². The predicted octanol–water partition coefficient (Wildman–Crippen LogP) is 3.57. The Kier molecular flexibility index (Phi) is 4.09. The van der Waals surface area contributed by atoms with Gasteiger partial charge in [0.05, 0.1) is 3.79 Å². The van der Waals surface area contributed by atoms with Gasteiger partial charge in [0.2, 0.25) is 0 Å². The van der Waals surface area contributed by atoms with Crippen molar-refractivity contribution in [3.63, 3.8) is 0 Å². The Bertz CT molecular complexity index is 388. The number of piperazine rings is 1. The van der Waals surface area contributed by atoms with E-state index in [-0.39, 0.29) is 0 Å². The molecular formula is C14H21BrN2S. The number of rotatable bonds is 4. The van der Waals surface area contributed by atoms with Crippen molar-refractivity contribution >= 4 is 27.3 Å². The third-order valence-corrected chi connectivity index (χ3v) is 6.29. The van der Waals surface area contributed by atoms with E-state index in [0.717, 1.165) is 19.0 Å². The van der Waals surface area contributed by atoms with E-state index in [1.807, 2.05) is 11.3 Å². The van der Waals surface area contributed by atoms with Gasteiger partial charge in [0, 0.05) is 37.1 Å². The molecule has 3 rings (SSSR count). The van der Waals surface area contributed by atoms with E-state index in [1.54, 1.807) is 4.88 Å². The Morgan fingerprint density at radius 3 is 2.72 bits per heavy atom. The predicted molar refractivity (Wildman–Crippen MR) is 81.3 cm³/mol. The number of nitrogens with one attached hydrogen (secondary N) is 1. The molecule has 2 heterocycles. The monoisotopic (exact) mass is 328 g/mol. The quantitative estimate of drug-likeness (QED) is 0.909. The molecule has 1 aromatic rings. The van der Waals surface area contributed by atoms with Gasteiger partial charge in [0.15, 0.2) is 0 Å². The second-order valence-electron chi connectivity index (χ2n) is 5.59. The van der Waals surface area contributed by atoms with E-state index >= 15 is 0 Å². The standard InChI is InChI=1S/C14H21BrN2S/c1-10-8-13(18-14(10)15)12(9-11-2-3-11)17-6-4-16-5-7-17/h8,11-12,16H,2-7,9H2,1H3/t12-/m0/s1. The summed E-state index contributed by atoms with van der Waals surface area (Å²) < 4.78 is 1.31. The first-order valence-electron chi connectivity index (χ1n) is 6.94. The summed E-state index contributed by atoms with van der Waals surface area (Å²) in [5.41, 5.74) is 1.39.